The van der Waals surface area contributed by atoms with E-state index in [2.05, 4.69) is 31.1 Å². The summed E-state index contributed by atoms with van der Waals surface area (Å²) in [5.74, 6) is 3.22. The van der Waals surface area contributed by atoms with E-state index in [4.69, 9.17) is 0 Å². The number of nitrogens with one attached hydrogen (secondary N) is 1. The molecule has 0 aromatic carbocycles. The van der Waals surface area contributed by atoms with Gasteiger partial charge in [-0.3, -0.25) is 0 Å². The van der Waals surface area contributed by atoms with Crippen LogP contribution in [0.5, 0.6) is 0 Å². The van der Waals surface area contributed by atoms with Gasteiger partial charge in [0, 0.05) is 12.6 Å². The summed E-state index contributed by atoms with van der Waals surface area (Å²) in [5.41, 5.74) is 0. The molecule has 0 heterocycles. The Labute approximate surface area is 120 Å². The van der Waals surface area contributed by atoms with Crippen LogP contribution in [0.25, 0.3) is 0 Å². The van der Waals surface area contributed by atoms with E-state index >= 15 is 0 Å². The summed E-state index contributed by atoms with van der Waals surface area (Å²) in [6, 6.07) is 0.695. The van der Waals surface area contributed by atoms with E-state index < -0.39 is 0 Å². The van der Waals surface area contributed by atoms with E-state index in [9.17, 15) is 0 Å². The Morgan fingerprint density at radius 3 is 2.68 bits per heavy atom. The van der Waals surface area contributed by atoms with E-state index in [1.165, 1.54) is 51.6 Å². The van der Waals surface area contributed by atoms with E-state index in [0.29, 0.717) is 6.04 Å². The first-order valence-electron chi connectivity index (χ1n) is 8.61. The summed E-state index contributed by atoms with van der Waals surface area (Å²) in [6.07, 6.45) is 10.2. The second-order valence-electron chi connectivity index (χ2n) is 7.15. The van der Waals surface area contributed by atoms with Crippen LogP contribution in [-0.4, -0.2) is 37.6 Å². The molecule has 19 heavy (non-hydrogen) atoms. The molecule has 1 N–H and O–H groups in total. The van der Waals surface area contributed by atoms with Gasteiger partial charge in [-0.25, -0.2) is 0 Å². The van der Waals surface area contributed by atoms with E-state index in [-0.39, 0.29) is 0 Å². The number of nitrogens with zero attached hydrogens (tertiary/aromatic N) is 1. The molecule has 2 bridgehead atoms. The molecule has 4 unspecified atom stereocenters. The minimum absolute atomic E-state index is 0.695. The minimum atomic E-state index is 0.695. The Kier molecular flexibility index (Phi) is 6.15. The lowest BCUT2D eigenvalue weighted by molar-refractivity contribution is 0.216. The Bertz CT molecular complexity index is 254. The van der Waals surface area contributed by atoms with Gasteiger partial charge in [-0.1, -0.05) is 19.8 Å². The molecule has 2 fully saturated rings. The summed E-state index contributed by atoms with van der Waals surface area (Å²) in [6.45, 7) is 8.27. The molecule has 112 valence electrons. The number of fused-ring (bicyclic) bond motifs is 2. The average molecular weight is 266 g/mol. The lowest BCUT2D eigenvalue weighted by Gasteiger charge is -2.27. The Morgan fingerprint density at radius 2 is 2.05 bits per heavy atom. The summed E-state index contributed by atoms with van der Waals surface area (Å²) < 4.78 is 0. The van der Waals surface area contributed by atoms with Gasteiger partial charge in [0.05, 0.1) is 0 Å². The number of hydrogen-bond donors (Lipinski definition) is 1. The molecule has 0 spiro atoms. The maximum absolute atomic E-state index is 3.50. The van der Waals surface area contributed by atoms with Gasteiger partial charge in [0.25, 0.3) is 0 Å². The highest BCUT2D eigenvalue weighted by Crippen LogP contribution is 2.48. The van der Waals surface area contributed by atoms with Crippen LogP contribution in [0.2, 0.25) is 0 Å². The van der Waals surface area contributed by atoms with Crippen molar-refractivity contribution in [3.8, 4) is 0 Å². The lowest BCUT2D eigenvalue weighted by Crippen LogP contribution is -2.30. The summed E-state index contributed by atoms with van der Waals surface area (Å²) in [4.78, 5) is 2.60. The average Bonchev–Trinajstić information content (AvgIpc) is 2.97. The van der Waals surface area contributed by atoms with Crippen LogP contribution in [0.3, 0.4) is 0 Å². The van der Waals surface area contributed by atoms with Gasteiger partial charge >= 0.3 is 0 Å². The van der Waals surface area contributed by atoms with Crippen molar-refractivity contribution in [3.05, 3.63) is 0 Å². The molecule has 2 saturated carbocycles. The zero-order valence-corrected chi connectivity index (χ0v) is 13.3. The van der Waals surface area contributed by atoms with Crippen molar-refractivity contribution >= 4 is 0 Å². The molecule has 0 aromatic rings. The molecule has 2 heteroatoms. The predicted octanol–water partition coefficient (Wildman–Crippen LogP) is 3.52. The third-order valence-electron chi connectivity index (χ3n) is 5.41. The van der Waals surface area contributed by atoms with Gasteiger partial charge in [-0.15, -0.1) is 0 Å². The molecule has 2 rings (SSSR count). The van der Waals surface area contributed by atoms with Crippen LogP contribution in [0.4, 0.5) is 0 Å². The first kappa shape index (κ1) is 15.3. The molecule has 0 amide bonds. The molecule has 0 radical (unpaired) electrons. The van der Waals surface area contributed by atoms with Gasteiger partial charge in [-0.05, 0) is 76.9 Å². The van der Waals surface area contributed by atoms with Crippen LogP contribution in [0, 0.1) is 17.8 Å². The normalized spacial score (nSPS) is 31.3. The quantitative estimate of drug-likeness (QED) is 0.642. The fraction of sp³-hybridized carbons (Fsp3) is 1.00. The first-order valence-corrected chi connectivity index (χ1v) is 8.61. The monoisotopic (exact) mass is 266 g/mol. The van der Waals surface area contributed by atoms with Gasteiger partial charge in [0.15, 0.2) is 0 Å². The van der Waals surface area contributed by atoms with Crippen LogP contribution in [-0.2, 0) is 0 Å². The van der Waals surface area contributed by atoms with Gasteiger partial charge < -0.3 is 10.2 Å². The Hall–Kier alpha value is -0.0800. The maximum atomic E-state index is 3.50. The van der Waals surface area contributed by atoms with Crippen molar-refractivity contribution in [1.82, 2.24) is 10.2 Å². The van der Waals surface area contributed by atoms with E-state index in [1.54, 1.807) is 6.42 Å². The molecule has 2 nitrogen and oxygen atoms in total. The number of rotatable bonds is 9. The van der Waals surface area contributed by atoms with Crippen LogP contribution < -0.4 is 5.32 Å². The topological polar surface area (TPSA) is 15.3 Å². The fourth-order valence-electron chi connectivity index (χ4n) is 4.37. The van der Waals surface area contributed by atoms with Crippen LogP contribution in [0.15, 0.2) is 0 Å². The Morgan fingerprint density at radius 1 is 1.21 bits per heavy atom. The largest absolute Gasteiger partial charge is 0.315 e. The summed E-state index contributed by atoms with van der Waals surface area (Å²) in [7, 11) is 2.33. The molecule has 0 saturated heterocycles. The lowest BCUT2D eigenvalue weighted by atomic mass is 9.88. The molecule has 2 aliphatic carbocycles. The van der Waals surface area contributed by atoms with Crippen molar-refractivity contribution in [1.29, 1.82) is 0 Å². The third kappa shape index (κ3) is 4.75. The molecule has 0 aromatic heterocycles. The summed E-state index contributed by atoms with van der Waals surface area (Å²) in [5, 5.41) is 3.50. The van der Waals surface area contributed by atoms with Crippen LogP contribution in [0.1, 0.15) is 58.8 Å². The van der Waals surface area contributed by atoms with Crippen molar-refractivity contribution < 1.29 is 0 Å². The zero-order chi connectivity index (χ0) is 13.7. The highest BCUT2D eigenvalue weighted by molar-refractivity contribution is 4.90. The van der Waals surface area contributed by atoms with Crippen molar-refractivity contribution in [2.75, 3.05) is 26.7 Å². The second kappa shape index (κ2) is 7.64. The zero-order valence-electron chi connectivity index (χ0n) is 13.3. The number of hydrogen-bond acceptors (Lipinski definition) is 2. The minimum Gasteiger partial charge on any atom is -0.315 e. The standard InChI is InChI=1S/C17H34N2/c1-4-18-14(2)7-5-6-10-19(3)13-17-12-15-8-9-16(17)11-15/h14-18H,4-13H2,1-3H3. The fourth-order valence-corrected chi connectivity index (χ4v) is 4.37. The van der Waals surface area contributed by atoms with Gasteiger partial charge in [0.2, 0.25) is 0 Å². The molecule has 4 atom stereocenters. The number of unbranched alkanes of at least 4 members (excludes halogenated alkanes) is 1. The van der Waals surface area contributed by atoms with E-state index in [0.717, 1.165) is 24.3 Å². The predicted molar refractivity (Wildman–Crippen MR) is 83.4 cm³/mol. The van der Waals surface area contributed by atoms with Crippen molar-refractivity contribution in [2.24, 2.45) is 17.8 Å². The third-order valence-corrected chi connectivity index (χ3v) is 5.41. The SMILES string of the molecule is CCNC(C)CCCCN(C)CC1CC2CCC1C2. The maximum Gasteiger partial charge on any atom is 0.00386 e. The molecule has 2 aliphatic rings. The van der Waals surface area contributed by atoms with E-state index in [1.807, 2.05) is 0 Å². The van der Waals surface area contributed by atoms with Crippen molar-refractivity contribution in [2.45, 2.75) is 64.8 Å². The highest BCUT2D eigenvalue weighted by Gasteiger charge is 2.39. The molecular weight excluding hydrogens is 232 g/mol. The second-order valence-corrected chi connectivity index (χ2v) is 7.15. The van der Waals surface area contributed by atoms with Gasteiger partial charge in [0.1, 0.15) is 0 Å². The molecular formula is C17H34N2. The summed E-state index contributed by atoms with van der Waals surface area (Å²) >= 11 is 0. The smallest absolute Gasteiger partial charge is 0.00386 e. The van der Waals surface area contributed by atoms with Gasteiger partial charge in [-0.2, -0.15) is 0 Å². The first-order chi connectivity index (χ1) is 9.19. The Balaban J connectivity index is 1.51. The van der Waals surface area contributed by atoms with Crippen molar-refractivity contribution in [3.63, 3.8) is 0 Å². The molecule has 0 aliphatic heterocycles. The van der Waals surface area contributed by atoms with Crippen LogP contribution >= 0.6 is 0 Å². The highest BCUT2D eigenvalue weighted by atomic mass is 15.1.